The van der Waals surface area contributed by atoms with E-state index in [2.05, 4.69) is 39.2 Å². The van der Waals surface area contributed by atoms with Crippen LogP contribution in [-0.2, 0) is 6.42 Å². The highest BCUT2D eigenvalue weighted by Gasteiger charge is 2.10. The number of pyridine rings is 1. The summed E-state index contributed by atoms with van der Waals surface area (Å²) in [5.41, 5.74) is 1.98. The molecule has 1 atom stereocenters. The molecule has 0 saturated carbocycles. The summed E-state index contributed by atoms with van der Waals surface area (Å²) in [5, 5.41) is 3.84. The lowest BCUT2D eigenvalue weighted by atomic mass is 10.1. The molecule has 106 valence electrons. The van der Waals surface area contributed by atoms with Gasteiger partial charge in [0.2, 0.25) is 0 Å². The van der Waals surface area contributed by atoms with Crippen molar-refractivity contribution in [2.75, 3.05) is 12.4 Å². The molecule has 0 aliphatic carbocycles. The molecular formula is C15H16BrClN2O. The molecule has 0 amide bonds. The summed E-state index contributed by atoms with van der Waals surface area (Å²) >= 11 is 9.48. The summed E-state index contributed by atoms with van der Waals surface area (Å²) in [4.78, 5) is 4.10. The third kappa shape index (κ3) is 3.87. The van der Waals surface area contributed by atoms with E-state index < -0.39 is 0 Å². The average Bonchev–Trinajstić information content (AvgIpc) is 2.43. The number of benzene rings is 1. The first kappa shape index (κ1) is 15.1. The van der Waals surface area contributed by atoms with Crippen LogP contribution in [0.3, 0.4) is 0 Å². The molecule has 1 aromatic carbocycles. The van der Waals surface area contributed by atoms with Gasteiger partial charge in [-0.1, -0.05) is 29.8 Å². The van der Waals surface area contributed by atoms with E-state index >= 15 is 0 Å². The highest BCUT2D eigenvalue weighted by molar-refractivity contribution is 9.10. The molecule has 3 nitrogen and oxygen atoms in total. The van der Waals surface area contributed by atoms with E-state index in [1.165, 1.54) is 0 Å². The molecule has 1 N–H and O–H groups in total. The zero-order valence-corrected chi connectivity index (χ0v) is 13.7. The van der Waals surface area contributed by atoms with Crippen molar-refractivity contribution in [3.8, 4) is 5.75 Å². The Morgan fingerprint density at radius 2 is 2.15 bits per heavy atom. The van der Waals surface area contributed by atoms with Crippen LogP contribution in [0.5, 0.6) is 5.75 Å². The van der Waals surface area contributed by atoms with Gasteiger partial charge in [0.1, 0.15) is 5.75 Å². The van der Waals surface area contributed by atoms with Crippen LogP contribution in [0, 0.1) is 0 Å². The van der Waals surface area contributed by atoms with E-state index in [1.807, 2.05) is 24.3 Å². The van der Waals surface area contributed by atoms with Crippen molar-refractivity contribution in [1.29, 1.82) is 0 Å². The molecule has 1 unspecified atom stereocenters. The Morgan fingerprint density at radius 1 is 1.40 bits per heavy atom. The minimum Gasteiger partial charge on any atom is -0.496 e. The zero-order valence-electron chi connectivity index (χ0n) is 11.4. The molecule has 0 aliphatic heterocycles. The SMILES string of the molecule is COc1ccccc1CC(C)Nc1cc(Br)cnc1Cl. The van der Waals surface area contributed by atoms with Gasteiger partial charge in [0.25, 0.3) is 0 Å². The van der Waals surface area contributed by atoms with Crippen molar-refractivity contribution in [1.82, 2.24) is 4.98 Å². The van der Waals surface area contributed by atoms with Crippen molar-refractivity contribution in [3.05, 3.63) is 51.7 Å². The maximum absolute atomic E-state index is 6.08. The number of nitrogens with one attached hydrogen (secondary N) is 1. The minimum absolute atomic E-state index is 0.208. The highest BCUT2D eigenvalue weighted by Crippen LogP contribution is 2.25. The van der Waals surface area contributed by atoms with E-state index in [-0.39, 0.29) is 6.04 Å². The zero-order chi connectivity index (χ0) is 14.5. The third-order valence-corrected chi connectivity index (χ3v) is 3.66. The lowest BCUT2D eigenvalue weighted by molar-refractivity contribution is 0.409. The van der Waals surface area contributed by atoms with E-state index in [4.69, 9.17) is 16.3 Å². The quantitative estimate of drug-likeness (QED) is 0.799. The second kappa shape index (κ2) is 6.95. The van der Waals surface area contributed by atoms with Gasteiger partial charge >= 0.3 is 0 Å². The molecule has 20 heavy (non-hydrogen) atoms. The number of ether oxygens (including phenoxy) is 1. The highest BCUT2D eigenvalue weighted by atomic mass is 79.9. The number of hydrogen-bond acceptors (Lipinski definition) is 3. The molecule has 0 spiro atoms. The molecule has 1 aromatic heterocycles. The number of halogens is 2. The topological polar surface area (TPSA) is 34.1 Å². The fourth-order valence-electron chi connectivity index (χ4n) is 2.04. The Labute approximate surface area is 132 Å². The number of nitrogens with zero attached hydrogens (tertiary/aromatic N) is 1. The minimum atomic E-state index is 0.208. The van der Waals surface area contributed by atoms with Crippen LogP contribution in [0.15, 0.2) is 41.0 Å². The number of anilines is 1. The molecule has 5 heteroatoms. The number of methoxy groups -OCH3 is 1. The standard InChI is InChI=1S/C15H16BrClN2O/c1-10(7-11-5-3-4-6-14(11)20-2)19-13-8-12(16)9-18-15(13)17/h3-6,8-10,19H,7H2,1-2H3. The first-order valence-corrected chi connectivity index (χ1v) is 7.46. The number of rotatable bonds is 5. The Hall–Kier alpha value is -1.26. The van der Waals surface area contributed by atoms with Gasteiger partial charge in [-0.05, 0) is 47.0 Å². The van der Waals surface area contributed by atoms with Crippen LogP contribution < -0.4 is 10.1 Å². The molecule has 0 bridgehead atoms. The molecule has 0 saturated heterocycles. The van der Waals surface area contributed by atoms with Crippen LogP contribution in [0.4, 0.5) is 5.69 Å². The van der Waals surface area contributed by atoms with Gasteiger partial charge in [-0.3, -0.25) is 0 Å². The molecule has 2 aromatic rings. The fraction of sp³-hybridized carbons (Fsp3) is 0.267. The summed E-state index contributed by atoms with van der Waals surface area (Å²) in [6.07, 6.45) is 2.52. The summed E-state index contributed by atoms with van der Waals surface area (Å²) in [7, 11) is 1.69. The molecule has 0 aliphatic rings. The van der Waals surface area contributed by atoms with E-state index in [9.17, 15) is 0 Å². The van der Waals surface area contributed by atoms with Crippen LogP contribution >= 0.6 is 27.5 Å². The Bertz CT molecular complexity index is 592. The van der Waals surface area contributed by atoms with E-state index in [0.29, 0.717) is 5.15 Å². The maximum Gasteiger partial charge on any atom is 0.152 e. The lowest BCUT2D eigenvalue weighted by Crippen LogP contribution is -2.19. The van der Waals surface area contributed by atoms with Crippen molar-refractivity contribution >= 4 is 33.2 Å². The largest absolute Gasteiger partial charge is 0.496 e. The first-order valence-electron chi connectivity index (χ1n) is 6.29. The number of hydrogen-bond donors (Lipinski definition) is 1. The third-order valence-electron chi connectivity index (χ3n) is 2.93. The monoisotopic (exact) mass is 354 g/mol. The fourth-order valence-corrected chi connectivity index (χ4v) is 2.53. The summed E-state index contributed by atoms with van der Waals surface area (Å²) in [6, 6.07) is 10.1. The Morgan fingerprint density at radius 3 is 2.90 bits per heavy atom. The van der Waals surface area contributed by atoms with Crippen molar-refractivity contribution in [2.24, 2.45) is 0 Å². The van der Waals surface area contributed by atoms with Gasteiger partial charge in [-0.25, -0.2) is 4.98 Å². The van der Waals surface area contributed by atoms with E-state index in [1.54, 1.807) is 13.3 Å². The van der Waals surface area contributed by atoms with Crippen molar-refractivity contribution in [2.45, 2.75) is 19.4 Å². The molecule has 2 rings (SSSR count). The molecular weight excluding hydrogens is 340 g/mol. The van der Waals surface area contributed by atoms with Gasteiger partial charge in [-0.15, -0.1) is 0 Å². The van der Waals surface area contributed by atoms with Gasteiger partial charge in [0.05, 0.1) is 12.8 Å². The van der Waals surface area contributed by atoms with Gasteiger partial charge in [0, 0.05) is 16.7 Å². The van der Waals surface area contributed by atoms with Gasteiger partial charge < -0.3 is 10.1 Å². The van der Waals surface area contributed by atoms with Crippen LogP contribution in [-0.4, -0.2) is 18.1 Å². The summed E-state index contributed by atoms with van der Waals surface area (Å²) in [5.74, 6) is 0.902. The van der Waals surface area contributed by atoms with Crippen LogP contribution in [0.1, 0.15) is 12.5 Å². The lowest BCUT2D eigenvalue weighted by Gasteiger charge is -2.17. The second-order valence-corrected chi connectivity index (χ2v) is 5.83. The molecule has 0 radical (unpaired) electrons. The summed E-state index contributed by atoms with van der Waals surface area (Å²) in [6.45, 7) is 2.10. The van der Waals surface area contributed by atoms with Crippen molar-refractivity contribution in [3.63, 3.8) is 0 Å². The van der Waals surface area contributed by atoms with Crippen LogP contribution in [0.25, 0.3) is 0 Å². The molecule has 0 fully saturated rings. The molecule has 1 heterocycles. The first-order chi connectivity index (χ1) is 9.60. The van der Waals surface area contributed by atoms with E-state index in [0.717, 1.165) is 27.9 Å². The summed E-state index contributed by atoms with van der Waals surface area (Å²) < 4.78 is 6.26. The normalized spacial score (nSPS) is 12.0. The number of para-hydroxylation sites is 1. The Balaban J connectivity index is 2.09. The predicted molar refractivity (Wildman–Crippen MR) is 86.7 cm³/mol. The van der Waals surface area contributed by atoms with Gasteiger partial charge in [0.15, 0.2) is 5.15 Å². The Kier molecular flexibility index (Phi) is 5.26. The average molecular weight is 356 g/mol. The van der Waals surface area contributed by atoms with Crippen molar-refractivity contribution < 1.29 is 4.74 Å². The van der Waals surface area contributed by atoms with Crippen LogP contribution in [0.2, 0.25) is 5.15 Å². The van der Waals surface area contributed by atoms with Gasteiger partial charge in [-0.2, -0.15) is 0 Å². The predicted octanol–water partition coefficient (Wildman–Crippen LogP) is 4.55. The number of aromatic nitrogens is 1. The second-order valence-electron chi connectivity index (χ2n) is 4.55. The maximum atomic E-state index is 6.08. The smallest absolute Gasteiger partial charge is 0.152 e.